The Kier molecular flexibility index (Phi) is 6.87. The summed E-state index contributed by atoms with van der Waals surface area (Å²) >= 11 is 0. The van der Waals surface area contributed by atoms with E-state index in [4.69, 9.17) is 10.00 Å². The zero-order valence-corrected chi connectivity index (χ0v) is 18.0. The maximum atomic E-state index is 13.8. The van der Waals surface area contributed by atoms with E-state index in [9.17, 15) is 23.8 Å². The first-order valence-corrected chi connectivity index (χ1v) is 10.7. The van der Waals surface area contributed by atoms with Gasteiger partial charge in [-0.3, -0.25) is 0 Å². The number of alkyl carbamates (subject to hydrolysis) is 1. The molecule has 0 fully saturated rings. The number of ether oxygens (including phenoxy) is 1. The van der Waals surface area contributed by atoms with E-state index in [1.165, 1.54) is 6.07 Å². The maximum Gasteiger partial charge on any atom is 0.407 e. The molecule has 34 heavy (non-hydrogen) atoms. The number of aliphatic hydroxyl groups is 2. The summed E-state index contributed by atoms with van der Waals surface area (Å²) in [4.78, 5) is 12.2. The topological polar surface area (TPSA) is 103 Å². The molecule has 2 atom stereocenters. The van der Waals surface area contributed by atoms with Crippen LogP contribution in [0.2, 0.25) is 0 Å². The molecule has 1 aliphatic rings. The van der Waals surface area contributed by atoms with Gasteiger partial charge in [0.2, 0.25) is 0 Å². The molecular formula is C26H22F2N2O4. The first-order valence-electron chi connectivity index (χ1n) is 10.7. The molecule has 3 aromatic carbocycles. The number of fused-ring (bicyclic) bond motifs is 3. The largest absolute Gasteiger partial charge is 0.449 e. The van der Waals surface area contributed by atoms with Gasteiger partial charge in [0.1, 0.15) is 36.0 Å². The minimum atomic E-state index is -1.60. The van der Waals surface area contributed by atoms with Gasteiger partial charge in [-0.1, -0.05) is 48.5 Å². The molecule has 0 aromatic heterocycles. The monoisotopic (exact) mass is 464 g/mol. The van der Waals surface area contributed by atoms with E-state index in [0.717, 1.165) is 34.4 Å². The van der Waals surface area contributed by atoms with Crippen molar-refractivity contribution in [3.63, 3.8) is 0 Å². The van der Waals surface area contributed by atoms with Gasteiger partial charge in [-0.2, -0.15) is 5.26 Å². The summed E-state index contributed by atoms with van der Waals surface area (Å²) in [5.41, 5.74) is 3.42. The van der Waals surface area contributed by atoms with Crippen LogP contribution in [0.15, 0.2) is 60.7 Å². The van der Waals surface area contributed by atoms with Crippen molar-refractivity contribution in [1.82, 2.24) is 5.32 Å². The second kappa shape index (κ2) is 10.00. The van der Waals surface area contributed by atoms with Crippen LogP contribution in [0.3, 0.4) is 0 Å². The SMILES string of the molecule is N#Cc1c(F)cc(C(O)C(O)CCNC(=O)OCC2c3ccccc3-c3ccccc32)cc1F. The number of amides is 1. The average Bonchev–Trinajstić information content (AvgIpc) is 3.15. The summed E-state index contributed by atoms with van der Waals surface area (Å²) in [7, 11) is 0. The minimum Gasteiger partial charge on any atom is -0.449 e. The Bertz CT molecular complexity index is 1190. The van der Waals surface area contributed by atoms with Crippen LogP contribution in [0.1, 0.15) is 40.7 Å². The number of nitriles is 1. The third-order valence-electron chi connectivity index (χ3n) is 5.94. The van der Waals surface area contributed by atoms with E-state index in [1.54, 1.807) is 0 Å². The van der Waals surface area contributed by atoms with E-state index in [1.807, 2.05) is 48.5 Å². The highest BCUT2D eigenvalue weighted by Crippen LogP contribution is 2.44. The Hall–Kier alpha value is -3.80. The predicted octanol–water partition coefficient (Wildman–Crippen LogP) is 4.16. The van der Waals surface area contributed by atoms with Crippen LogP contribution in [0, 0.1) is 23.0 Å². The van der Waals surface area contributed by atoms with E-state index in [0.29, 0.717) is 0 Å². The molecule has 1 aliphatic carbocycles. The van der Waals surface area contributed by atoms with Gasteiger partial charge in [-0.15, -0.1) is 0 Å². The number of aliphatic hydroxyl groups excluding tert-OH is 2. The minimum absolute atomic E-state index is 0.0316. The number of hydrogen-bond acceptors (Lipinski definition) is 5. The van der Waals surface area contributed by atoms with Gasteiger partial charge in [-0.05, 0) is 46.4 Å². The second-order valence-corrected chi connectivity index (χ2v) is 8.02. The van der Waals surface area contributed by atoms with Crippen molar-refractivity contribution < 1.29 is 28.5 Å². The summed E-state index contributed by atoms with van der Waals surface area (Å²) in [6, 6.07) is 18.9. The van der Waals surface area contributed by atoms with Crippen LogP contribution < -0.4 is 5.32 Å². The van der Waals surface area contributed by atoms with E-state index >= 15 is 0 Å². The Balaban J connectivity index is 1.29. The Labute approximate surface area is 195 Å². The number of benzene rings is 3. The van der Waals surface area contributed by atoms with Crippen LogP contribution in [-0.2, 0) is 4.74 Å². The molecule has 0 saturated heterocycles. The fourth-order valence-corrected chi connectivity index (χ4v) is 4.22. The normalized spacial score (nSPS) is 14.0. The summed E-state index contributed by atoms with van der Waals surface area (Å²) in [6.07, 6.45) is -3.77. The van der Waals surface area contributed by atoms with Gasteiger partial charge in [-0.25, -0.2) is 13.6 Å². The zero-order chi connectivity index (χ0) is 24.2. The van der Waals surface area contributed by atoms with Crippen LogP contribution in [0.25, 0.3) is 11.1 Å². The van der Waals surface area contributed by atoms with Crippen molar-refractivity contribution in [3.05, 3.63) is 94.6 Å². The Morgan fingerprint density at radius 2 is 1.59 bits per heavy atom. The lowest BCUT2D eigenvalue weighted by molar-refractivity contribution is 0.0133. The summed E-state index contributed by atoms with van der Waals surface area (Å²) in [5, 5.41) is 31.6. The van der Waals surface area contributed by atoms with Crippen molar-refractivity contribution in [2.45, 2.75) is 24.5 Å². The quantitative estimate of drug-likeness (QED) is 0.487. The first-order chi connectivity index (χ1) is 16.4. The number of rotatable bonds is 7. The van der Waals surface area contributed by atoms with Gasteiger partial charge in [0.15, 0.2) is 0 Å². The lowest BCUT2D eigenvalue weighted by atomic mass is 9.98. The smallest absolute Gasteiger partial charge is 0.407 e. The molecule has 0 heterocycles. The van der Waals surface area contributed by atoms with Gasteiger partial charge in [0.25, 0.3) is 0 Å². The van der Waals surface area contributed by atoms with E-state index in [-0.39, 0.29) is 31.1 Å². The first kappa shape index (κ1) is 23.4. The highest BCUT2D eigenvalue weighted by molar-refractivity contribution is 5.79. The van der Waals surface area contributed by atoms with Crippen LogP contribution >= 0.6 is 0 Å². The molecule has 3 aromatic rings. The average molecular weight is 464 g/mol. The zero-order valence-electron chi connectivity index (χ0n) is 18.0. The molecule has 0 radical (unpaired) electrons. The van der Waals surface area contributed by atoms with E-state index in [2.05, 4.69) is 5.32 Å². The van der Waals surface area contributed by atoms with Crippen LogP contribution in [0.4, 0.5) is 13.6 Å². The molecule has 4 rings (SSSR count). The fraction of sp³-hybridized carbons (Fsp3) is 0.231. The van der Waals surface area contributed by atoms with Gasteiger partial charge in [0, 0.05) is 12.5 Å². The number of carbonyl (C=O) groups excluding carboxylic acids is 1. The summed E-state index contributed by atoms with van der Waals surface area (Å²) in [5.74, 6) is -2.34. The molecule has 6 nitrogen and oxygen atoms in total. The molecule has 3 N–H and O–H groups in total. The molecular weight excluding hydrogens is 442 g/mol. The van der Waals surface area contributed by atoms with Crippen molar-refractivity contribution in [2.75, 3.05) is 13.2 Å². The molecule has 0 bridgehead atoms. The Morgan fingerprint density at radius 3 is 2.15 bits per heavy atom. The molecule has 2 unspecified atom stereocenters. The molecule has 1 amide bonds. The van der Waals surface area contributed by atoms with E-state index < -0.39 is 35.5 Å². The number of halogens is 2. The van der Waals surface area contributed by atoms with Crippen molar-refractivity contribution in [2.24, 2.45) is 0 Å². The van der Waals surface area contributed by atoms with Crippen molar-refractivity contribution in [3.8, 4) is 17.2 Å². The molecule has 0 saturated carbocycles. The maximum absolute atomic E-state index is 13.8. The molecule has 8 heteroatoms. The standard InChI is InChI=1S/C26H22F2N2O4/c27-22-11-15(12-23(28)20(22)13-29)25(32)24(31)9-10-30-26(33)34-14-21-18-7-3-1-5-16(18)17-6-2-4-8-19(17)21/h1-8,11-12,21,24-25,31-32H,9-10,14H2,(H,30,33). The summed E-state index contributed by atoms with van der Waals surface area (Å²) < 4.78 is 32.9. The summed E-state index contributed by atoms with van der Waals surface area (Å²) in [6.45, 7) is 0.102. The Morgan fingerprint density at radius 1 is 1.03 bits per heavy atom. The highest BCUT2D eigenvalue weighted by Gasteiger charge is 2.29. The van der Waals surface area contributed by atoms with Crippen molar-refractivity contribution in [1.29, 1.82) is 5.26 Å². The number of nitrogens with one attached hydrogen (secondary N) is 1. The number of hydrogen-bond donors (Lipinski definition) is 3. The molecule has 0 aliphatic heterocycles. The van der Waals surface area contributed by atoms with Crippen LogP contribution in [0.5, 0.6) is 0 Å². The molecule has 174 valence electrons. The number of nitrogens with zero attached hydrogens (tertiary/aromatic N) is 1. The number of carbonyl (C=O) groups is 1. The molecule has 0 spiro atoms. The lowest BCUT2D eigenvalue weighted by Crippen LogP contribution is -2.30. The van der Waals surface area contributed by atoms with Crippen molar-refractivity contribution >= 4 is 6.09 Å². The lowest BCUT2D eigenvalue weighted by Gasteiger charge is -2.19. The van der Waals surface area contributed by atoms with Gasteiger partial charge in [0.05, 0.1) is 6.10 Å². The second-order valence-electron chi connectivity index (χ2n) is 8.02. The third-order valence-corrected chi connectivity index (χ3v) is 5.94. The van der Waals surface area contributed by atoms with Crippen LogP contribution in [-0.4, -0.2) is 35.6 Å². The van der Waals surface area contributed by atoms with Gasteiger partial charge < -0.3 is 20.3 Å². The predicted molar refractivity (Wildman–Crippen MR) is 120 cm³/mol. The van der Waals surface area contributed by atoms with Gasteiger partial charge >= 0.3 is 6.09 Å². The fourth-order valence-electron chi connectivity index (χ4n) is 4.22. The third kappa shape index (κ3) is 4.62. The highest BCUT2D eigenvalue weighted by atomic mass is 19.1.